The van der Waals surface area contributed by atoms with Gasteiger partial charge in [-0.15, -0.1) is 0 Å². The summed E-state index contributed by atoms with van der Waals surface area (Å²) in [5, 5.41) is 0. The molecule has 0 aromatic heterocycles. The lowest BCUT2D eigenvalue weighted by Crippen LogP contribution is -2.23. The van der Waals surface area contributed by atoms with Crippen LogP contribution in [0, 0.1) is 0 Å². The van der Waals surface area contributed by atoms with Gasteiger partial charge in [-0.25, -0.2) is 0 Å². The predicted molar refractivity (Wildman–Crippen MR) is 101 cm³/mol. The zero-order valence-corrected chi connectivity index (χ0v) is 14.0. The van der Waals surface area contributed by atoms with E-state index in [2.05, 4.69) is 40.1 Å². The Kier molecular flexibility index (Phi) is 6.30. The van der Waals surface area contributed by atoms with E-state index in [1.54, 1.807) is 0 Å². The summed E-state index contributed by atoms with van der Waals surface area (Å²) in [6.07, 6.45) is 4.93. The summed E-state index contributed by atoms with van der Waals surface area (Å²) in [4.78, 5) is 11.0. The van der Waals surface area contributed by atoms with Gasteiger partial charge >= 0.3 is 0 Å². The van der Waals surface area contributed by atoms with Crippen molar-refractivity contribution in [2.75, 3.05) is 11.9 Å². The van der Waals surface area contributed by atoms with Crippen LogP contribution in [0.1, 0.15) is 20.3 Å². The molecule has 2 aromatic rings. The van der Waals surface area contributed by atoms with Crippen LogP contribution in [0.15, 0.2) is 82.4 Å². The molecule has 0 bridgehead atoms. The molecule has 0 atom stereocenters. The minimum atomic E-state index is 0.899. The van der Waals surface area contributed by atoms with Crippen molar-refractivity contribution in [3.05, 3.63) is 72.4 Å². The van der Waals surface area contributed by atoms with E-state index in [0.717, 1.165) is 29.2 Å². The van der Waals surface area contributed by atoms with E-state index in [-0.39, 0.29) is 0 Å². The van der Waals surface area contributed by atoms with Crippen LogP contribution in [0.4, 0.5) is 11.4 Å². The maximum absolute atomic E-state index is 4.55. The van der Waals surface area contributed by atoms with Gasteiger partial charge in [-0.1, -0.05) is 43.3 Å². The van der Waals surface area contributed by atoms with E-state index in [0.29, 0.717) is 0 Å². The van der Waals surface area contributed by atoms with Crippen molar-refractivity contribution >= 4 is 23.4 Å². The quantitative estimate of drug-likeness (QED) is 0.548. The number of hydrogen-bond acceptors (Lipinski definition) is 2. The number of amidine groups is 1. The minimum Gasteiger partial charge on any atom is -0.306 e. The van der Waals surface area contributed by atoms with E-state index < -0.39 is 0 Å². The average Bonchev–Trinajstić information content (AvgIpc) is 2.63. The molecule has 3 heteroatoms. The molecule has 0 unspecified atom stereocenters. The Bertz CT molecular complexity index is 685. The summed E-state index contributed by atoms with van der Waals surface area (Å²) in [5.74, 6) is 0.940. The van der Waals surface area contributed by atoms with E-state index in [1.165, 1.54) is 0 Å². The molecule has 0 fully saturated rings. The van der Waals surface area contributed by atoms with Gasteiger partial charge in [0.2, 0.25) is 0 Å². The van der Waals surface area contributed by atoms with Crippen molar-refractivity contribution in [3.63, 3.8) is 0 Å². The van der Waals surface area contributed by atoms with E-state index >= 15 is 0 Å². The number of benzene rings is 2. The van der Waals surface area contributed by atoms with Crippen LogP contribution in [-0.2, 0) is 0 Å². The summed E-state index contributed by atoms with van der Waals surface area (Å²) in [6.45, 7) is 4.13. The number of nitrogens with zero attached hydrogens (tertiary/aromatic N) is 3. The second-order valence-corrected chi connectivity index (χ2v) is 5.13. The molecule has 3 nitrogen and oxygen atoms in total. The third-order valence-corrected chi connectivity index (χ3v) is 3.55. The number of aliphatic imine (C=N–C) groups is 2. The van der Waals surface area contributed by atoms with Crippen molar-refractivity contribution in [2.45, 2.75) is 20.3 Å². The monoisotopic (exact) mass is 305 g/mol. The zero-order chi connectivity index (χ0) is 16.5. The van der Waals surface area contributed by atoms with Gasteiger partial charge in [-0.2, -0.15) is 0 Å². The van der Waals surface area contributed by atoms with Gasteiger partial charge in [-0.05, 0) is 43.2 Å². The molecular weight excluding hydrogens is 282 g/mol. The maximum atomic E-state index is 4.55. The fourth-order valence-corrected chi connectivity index (χ4v) is 2.10. The van der Waals surface area contributed by atoms with Gasteiger partial charge in [0.1, 0.15) is 5.84 Å². The highest BCUT2D eigenvalue weighted by Gasteiger charge is 2.07. The van der Waals surface area contributed by atoms with Crippen molar-refractivity contribution in [1.82, 2.24) is 0 Å². The van der Waals surface area contributed by atoms with Crippen molar-refractivity contribution in [2.24, 2.45) is 9.98 Å². The van der Waals surface area contributed by atoms with Crippen LogP contribution in [0.25, 0.3) is 0 Å². The Morgan fingerprint density at radius 2 is 1.61 bits per heavy atom. The van der Waals surface area contributed by atoms with Crippen LogP contribution < -0.4 is 4.90 Å². The lowest BCUT2D eigenvalue weighted by atomic mass is 10.2. The summed E-state index contributed by atoms with van der Waals surface area (Å²) in [7, 11) is 1.81. The van der Waals surface area contributed by atoms with Crippen molar-refractivity contribution < 1.29 is 0 Å². The molecule has 0 amide bonds. The van der Waals surface area contributed by atoms with Crippen LogP contribution in [0.3, 0.4) is 0 Å². The van der Waals surface area contributed by atoms with Crippen LogP contribution in [0.2, 0.25) is 0 Å². The van der Waals surface area contributed by atoms with Crippen LogP contribution in [-0.4, -0.2) is 19.1 Å². The molecule has 0 saturated heterocycles. The fourth-order valence-electron chi connectivity index (χ4n) is 2.10. The molecule has 0 aliphatic carbocycles. The van der Waals surface area contributed by atoms with Crippen molar-refractivity contribution in [3.8, 4) is 0 Å². The number of para-hydroxylation sites is 2. The van der Waals surface area contributed by atoms with Crippen LogP contribution in [0.5, 0.6) is 0 Å². The predicted octanol–water partition coefficient (Wildman–Crippen LogP) is 5.24. The molecule has 0 aliphatic rings. The number of hydrogen-bond donors (Lipinski definition) is 0. The second-order valence-electron chi connectivity index (χ2n) is 5.13. The summed E-state index contributed by atoms with van der Waals surface area (Å²) in [6, 6.07) is 20.2. The van der Waals surface area contributed by atoms with Gasteiger partial charge in [0.25, 0.3) is 0 Å². The molecule has 0 radical (unpaired) electrons. The number of anilines is 1. The molecule has 0 saturated carbocycles. The highest BCUT2D eigenvalue weighted by Crippen LogP contribution is 2.17. The summed E-state index contributed by atoms with van der Waals surface area (Å²) >= 11 is 0. The smallest absolute Gasteiger partial charge is 0.104 e. The van der Waals surface area contributed by atoms with Gasteiger partial charge in [0.05, 0.1) is 5.69 Å². The molecule has 0 N–H and O–H groups in total. The summed E-state index contributed by atoms with van der Waals surface area (Å²) < 4.78 is 0. The Hall–Kier alpha value is -2.68. The van der Waals surface area contributed by atoms with E-state index in [4.69, 9.17) is 0 Å². The molecule has 23 heavy (non-hydrogen) atoms. The molecule has 0 aliphatic heterocycles. The minimum absolute atomic E-state index is 0.899. The molecule has 0 spiro atoms. The normalized spacial score (nSPS) is 12.7. The molecule has 118 valence electrons. The standard InChI is InChI=1S/C20H23N3/c1-4-18(15-22-19-11-7-5-8-12-19)16-23(17(2)21-3)20-13-9-6-10-14-20/h5-16H,4H2,1-3H3/b18-16-,21-17?,22-15?. The molecule has 2 rings (SSSR count). The van der Waals surface area contributed by atoms with E-state index in [9.17, 15) is 0 Å². The first-order chi connectivity index (χ1) is 11.2. The first kappa shape index (κ1) is 16.7. The largest absolute Gasteiger partial charge is 0.306 e. The molecule has 0 heterocycles. The SMILES string of the molecule is CC/C(C=Nc1ccccc1)=C/N(C(C)=NC)c1ccccc1. The summed E-state index contributed by atoms with van der Waals surface area (Å²) in [5.41, 5.74) is 3.19. The van der Waals surface area contributed by atoms with Crippen molar-refractivity contribution in [1.29, 1.82) is 0 Å². The number of allylic oxidation sites excluding steroid dienone is 1. The Morgan fingerprint density at radius 1 is 1.00 bits per heavy atom. The third-order valence-electron chi connectivity index (χ3n) is 3.55. The Balaban J connectivity index is 2.30. The first-order valence-electron chi connectivity index (χ1n) is 7.82. The third kappa shape index (κ3) is 4.92. The second kappa shape index (κ2) is 8.69. The van der Waals surface area contributed by atoms with Gasteiger partial charge < -0.3 is 4.90 Å². The first-order valence-corrected chi connectivity index (χ1v) is 7.82. The highest BCUT2D eigenvalue weighted by molar-refractivity contribution is 5.98. The lowest BCUT2D eigenvalue weighted by Gasteiger charge is -2.21. The number of rotatable bonds is 5. The van der Waals surface area contributed by atoms with Gasteiger partial charge in [-0.3, -0.25) is 9.98 Å². The Labute approximate surface area is 138 Å². The van der Waals surface area contributed by atoms with Crippen LogP contribution >= 0.6 is 0 Å². The molecule has 2 aromatic carbocycles. The zero-order valence-electron chi connectivity index (χ0n) is 14.0. The van der Waals surface area contributed by atoms with Gasteiger partial charge in [0, 0.05) is 25.1 Å². The Morgan fingerprint density at radius 3 is 2.17 bits per heavy atom. The lowest BCUT2D eigenvalue weighted by molar-refractivity contribution is 1.15. The van der Waals surface area contributed by atoms with Gasteiger partial charge in [0.15, 0.2) is 0 Å². The van der Waals surface area contributed by atoms with E-state index in [1.807, 2.05) is 68.7 Å². The maximum Gasteiger partial charge on any atom is 0.104 e. The average molecular weight is 305 g/mol. The highest BCUT2D eigenvalue weighted by atomic mass is 15.2. The topological polar surface area (TPSA) is 28.0 Å². The molecular formula is C20H23N3. The fraction of sp³-hybridized carbons (Fsp3) is 0.200.